The normalized spacial score (nSPS) is 17.6. The molecular weight excluding hydrogens is 281 g/mol. The molecule has 4 heteroatoms. The van der Waals surface area contributed by atoms with E-state index in [0.29, 0.717) is 28.1 Å². The fourth-order valence-corrected chi connectivity index (χ4v) is 2.94. The molecule has 2 nitrogen and oxygen atoms in total. The molecule has 1 aromatic carbocycles. The summed E-state index contributed by atoms with van der Waals surface area (Å²) in [4.78, 5) is 14.7. The van der Waals surface area contributed by atoms with E-state index in [0.717, 1.165) is 19.5 Å². The Morgan fingerprint density at radius 2 is 1.95 bits per heavy atom. The van der Waals surface area contributed by atoms with E-state index in [2.05, 4.69) is 11.8 Å². The van der Waals surface area contributed by atoms with Gasteiger partial charge in [0, 0.05) is 18.0 Å². The first kappa shape index (κ1) is 14.8. The van der Waals surface area contributed by atoms with Crippen molar-refractivity contribution in [1.29, 1.82) is 0 Å². The number of carbonyl (C=O) groups is 1. The molecule has 19 heavy (non-hydrogen) atoms. The average molecular weight is 300 g/mol. The Hall–Kier alpha value is -0.570. The predicted octanol–water partition coefficient (Wildman–Crippen LogP) is 4.44. The third-order valence-corrected chi connectivity index (χ3v) is 4.53. The van der Waals surface area contributed by atoms with Crippen LogP contribution >= 0.6 is 23.2 Å². The van der Waals surface area contributed by atoms with Gasteiger partial charge in [0.1, 0.15) is 0 Å². The Morgan fingerprint density at radius 3 is 2.53 bits per heavy atom. The molecule has 1 fully saturated rings. The molecule has 0 saturated carbocycles. The topological polar surface area (TPSA) is 20.3 Å². The van der Waals surface area contributed by atoms with Crippen LogP contribution in [0, 0.1) is 0 Å². The van der Waals surface area contributed by atoms with E-state index < -0.39 is 0 Å². The average Bonchev–Trinajstić information content (AvgIpc) is 2.92. The fraction of sp³-hybridized carbons (Fsp3) is 0.533. The van der Waals surface area contributed by atoms with Gasteiger partial charge in [0.2, 0.25) is 0 Å². The first-order chi connectivity index (χ1) is 9.11. The van der Waals surface area contributed by atoms with Crippen molar-refractivity contribution in [3.8, 4) is 0 Å². The van der Waals surface area contributed by atoms with Gasteiger partial charge in [0.25, 0.3) is 0 Å². The zero-order chi connectivity index (χ0) is 13.8. The molecule has 0 aliphatic carbocycles. The Kier molecular flexibility index (Phi) is 5.26. The van der Waals surface area contributed by atoms with Crippen molar-refractivity contribution in [2.45, 2.75) is 38.6 Å². The van der Waals surface area contributed by atoms with Crippen LogP contribution in [0.5, 0.6) is 0 Å². The lowest BCUT2D eigenvalue weighted by Crippen LogP contribution is -2.34. The summed E-state index contributed by atoms with van der Waals surface area (Å²) in [5.74, 6) is 0.150. The maximum Gasteiger partial charge on any atom is 0.164 e. The molecule has 0 bridgehead atoms. The standard InChI is InChI=1S/C15H19Cl2NO/c1-2-12(18-7-3-4-8-18)10-15(19)11-5-6-13(16)14(17)9-11/h5-6,9,12H,2-4,7-8,10H2,1H3. The summed E-state index contributed by atoms with van der Waals surface area (Å²) in [7, 11) is 0. The van der Waals surface area contributed by atoms with E-state index in [4.69, 9.17) is 23.2 Å². The summed E-state index contributed by atoms with van der Waals surface area (Å²) in [6, 6.07) is 5.47. The molecule has 0 spiro atoms. The van der Waals surface area contributed by atoms with Crippen LogP contribution in [0.4, 0.5) is 0 Å². The lowest BCUT2D eigenvalue weighted by molar-refractivity contribution is 0.0930. The molecule has 1 aromatic rings. The van der Waals surface area contributed by atoms with Crippen molar-refractivity contribution >= 4 is 29.0 Å². The summed E-state index contributed by atoms with van der Waals surface area (Å²) < 4.78 is 0. The van der Waals surface area contributed by atoms with E-state index in [9.17, 15) is 4.79 Å². The van der Waals surface area contributed by atoms with Crippen molar-refractivity contribution in [3.63, 3.8) is 0 Å². The molecule has 1 unspecified atom stereocenters. The number of hydrogen-bond acceptors (Lipinski definition) is 2. The number of hydrogen-bond donors (Lipinski definition) is 0. The number of likely N-dealkylation sites (tertiary alicyclic amines) is 1. The molecule has 0 radical (unpaired) electrons. The summed E-state index contributed by atoms with van der Waals surface area (Å²) in [6.45, 7) is 4.38. The minimum absolute atomic E-state index is 0.150. The second-order valence-electron chi connectivity index (χ2n) is 5.06. The number of benzene rings is 1. The van der Waals surface area contributed by atoms with Crippen LogP contribution in [-0.2, 0) is 0 Å². The smallest absolute Gasteiger partial charge is 0.164 e. The van der Waals surface area contributed by atoms with Crippen molar-refractivity contribution in [2.24, 2.45) is 0 Å². The van der Waals surface area contributed by atoms with E-state index in [1.54, 1.807) is 18.2 Å². The Morgan fingerprint density at radius 1 is 1.26 bits per heavy atom. The van der Waals surface area contributed by atoms with Crippen molar-refractivity contribution in [2.75, 3.05) is 13.1 Å². The van der Waals surface area contributed by atoms with E-state index in [1.165, 1.54) is 12.8 Å². The molecular formula is C15H19Cl2NO. The second-order valence-corrected chi connectivity index (χ2v) is 5.88. The Balaban J connectivity index is 2.04. The molecule has 1 aliphatic rings. The number of carbonyl (C=O) groups excluding carboxylic acids is 1. The van der Waals surface area contributed by atoms with Crippen molar-refractivity contribution < 1.29 is 4.79 Å². The molecule has 1 heterocycles. The van der Waals surface area contributed by atoms with Crippen LogP contribution in [0.2, 0.25) is 10.0 Å². The van der Waals surface area contributed by atoms with Gasteiger partial charge in [-0.25, -0.2) is 0 Å². The van der Waals surface area contributed by atoms with Gasteiger partial charge in [-0.3, -0.25) is 9.69 Å². The summed E-state index contributed by atoms with van der Waals surface area (Å²) in [5, 5.41) is 0.937. The highest BCUT2D eigenvalue weighted by molar-refractivity contribution is 6.42. The van der Waals surface area contributed by atoms with Gasteiger partial charge in [-0.15, -0.1) is 0 Å². The van der Waals surface area contributed by atoms with Crippen LogP contribution in [-0.4, -0.2) is 29.8 Å². The van der Waals surface area contributed by atoms with Crippen LogP contribution in [0.25, 0.3) is 0 Å². The van der Waals surface area contributed by atoms with Gasteiger partial charge in [0.15, 0.2) is 5.78 Å². The molecule has 1 aliphatic heterocycles. The van der Waals surface area contributed by atoms with E-state index in [-0.39, 0.29) is 5.78 Å². The number of halogens is 2. The lowest BCUT2D eigenvalue weighted by Gasteiger charge is -2.25. The summed E-state index contributed by atoms with van der Waals surface area (Å²) in [5.41, 5.74) is 0.659. The highest BCUT2D eigenvalue weighted by Crippen LogP contribution is 2.24. The van der Waals surface area contributed by atoms with Crippen molar-refractivity contribution in [3.05, 3.63) is 33.8 Å². The molecule has 1 atom stereocenters. The minimum atomic E-state index is 0.150. The maximum absolute atomic E-state index is 12.3. The van der Waals surface area contributed by atoms with Gasteiger partial charge in [0.05, 0.1) is 10.0 Å². The van der Waals surface area contributed by atoms with E-state index >= 15 is 0 Å². The van der Waals surface area contributed by atoms with Crippen molar-refractivity contribution in [1.82, 2.24) is 4.90 Å². The Labute approximate surface area is 124 Å². The van der Waals surface area contributed by atoms with Gasteiger partial charge < -0.3 is 0 Å². The first-order valence-electron chi connectivity index (χ1n) is 6.84. The number of ketones is 1. The largest absolute Gasteiger partial charge is 0.300 e. The zero-order valence-electron chi connectivity index (χ0n) is 11.2. The molecule has 1 saturated heterocycles. The Bertz CT molecular complexity index is 455. The first-order valence-corrected chi connectivity index (χ1v) is 7.59. The van der Waals surface area contributed by atoms with Gasteiger partial charge in [-0.05, 0) is 50.6 Å². The SMILES string of the molecule is CCC(CC(=O)c1ccc(Cl)c(Cl)c1)N1CCCC1. The van der Waals surface area contributed by atoms with Gasteiger partial charge >= 0.3 is 0 Å². The molecule has 0 aromatic heterocycles. The third-order valence-electron chi connectivity index (χ3n) is 3.79. The minimum Gasteiger partial charge on any atom is -0.300 e. The molecule has 2 rings (SSSR count). The molecule has 0 amide bonds. The zero-order valence-corrected chi connectivity index (χ0v) is 12.7. The molecule has 104 valence electrons. The molecule has 0 N–H and O–H groups in total. The lowest BCUT2D eigenvalue weighted by atomic mass is 10.0. The fourth-order valence-electron chi connectivity index (χ4n) is 2.64. The van der Waals surface area contributed by atoms with Gasteiger partial charge in [-0.1, -0.05) is 30.1 Å². The maximum atomic E-state index is 12.3. The van der Waals surface area contributed by atoms with Crippen LogP contribution in [0.3, 0.4) is 0 Å². The highest BCUT2D eigenvalue weighted by Gasteiger charge is 2.23. The monoisotopic (exact) mass is 299 g/mol. The van der Waals surface area contributed by atoms with Crippen LogP contribution < -0.4 is 0 Å². The number of rotatable bonds is 5. The highest BCUT2D eigenvalue weighted by atomic mass is 35.5. The summed E-state index contributed by atoms with van der Waals surface area (Å²) >= 11 is 11.8. The summed E-state index contributed by atoms with van der Waals surface area (Å²) in [6.07, 6.45) is 4.07. The van der Waals surface area contributed by atoms with Gasteiger partial charge in [-0.2, -0.15) is 0 Å². The van der Waals surface area contributed by atoms with E-state index in [1.807, 2.05) is 0 Å². The quantitative estimate of drug-likeness (QED) is 0.749. The third kappa shape index (κ3) is 3.71. The second kappa shape index (κ2) is 6.74. The number of nitrogens with zero attached hydrogens (tertiary/aromatic N) is 1. The van der Waals surface area contributed by atoms with Crippen LogP contribution in [0.15, 0.2) is 18.2 Å². The predicted molar refractivity (Wildman–Crippen MR) is 80.3 cm³/mol. The number of Topliss-reactive ketones (excluding diaryl/α,β-unsaturated/α-hetero) is 1. The van der Waals surface area contributed by atoms with Crippen LogP contribution in [0.1, 0.15) is 43.0 Å².